The smallest absolute Gasteiger partial charge is 0.149 e. The molecule has 1 atom stereocenters. The molecule has 0 fully saturated rings. The van der Waals surface area contributed by atoms with E-state index in [1.807, 2.05) is 45.3 Å². The Labute approximate surface area is 203 Å². The van der Waals surface area contributed by atoms with Crippen LogP contribution in [-0.2, 0) is 6.54 Å². The molecule has 0 bridgehead atoms. The van der Waals surface area contributed by atoms with Crippen LogP contribution < -0.4 is 26.3 Å². The molecule has 2 aromatic heterocycles. The van der Waals surface area contributed by atoms with Crippen molar-refractivity contribution >= 4 is 11.5 Å². The van der Waals surface area contributed by atoms with E-state index in [1.165, 1.54) is 0 Å². The molecule has 1 aliphatic heterocycles. The fourth-order valence-electron chi connectivity index (χ4n) is 3.81. The zero-order chi connectivity index (χ0) is 24.1. The third-order valence-corrected chi connectivity index (χ3v) is 5.93. The van der Waals surface area contributed by atoms with Crippen molar-refractivity contribution in [3.8, 4) is 16.9 Å². The first-order chi connectivity index (χ1) is 16.5. The molecule has 0 radical (unpaired) electrons. The lowest BCUT2D eigenvalue weighted by molar-refractivity contribution is 0.202. The number of benzene rings is 1. The Morgan fingerprint density at radius 3 is 2.85 bits per heavy atom. The maximum atomic E-state index is 6.02. The Bertz CT molecular complexity index is 1150. The predicted molar refractivity (Wildman–Crippen MR) is 138 cm³/mol. The molecule has 9 nitrogen and oxygen atoms in total. The molecule has 0 amide bonds. The summed E-state index contributed by atoms with van der Waals surface area (Å²) in [6.07, 6.45) is 4.94. The van der Waals surface area contributed by atoms with Gasteiger partial charge in [-0.2, -0.15) is 0 Å². The third-order valence-electron chi connectivity index (χ3n) is 5.93. The van der Waals surface area contributed by atoms with Gasteiger partial charge in [0.15, 0.2) is 0 Å². The second kappa shape index (κ2) is 10.5. The normalized spacial score (nSPS) is 13.9. The quantitative estimate of drug-likeness (QED) is 0.334. The van der Waals surface area contributed by atoms with Crippen LogP contribution in [0.2, 0.25) is 0 Å². The zero-order valence-corrected chi connectivity index (χ0v) is 20.4. The van der Waals surface area contributed by atoms with E-state index in [-0.39, 0.29) is 2.85 Å². The van der Waals surface area contributed by atoms with E-state index in [4.69, 9.17) is 9.26 Å². The number of ether oxygens (including phenoxy) is 1. The van der Waals surface area contributed by atoms with Gasteiger partial charge in [0.05, 0.1) is 17.1 Å². The Hall–Kier alpha value is -3.72. The first-order valence-electron chi connectivity index (χ1n) is 11.6. The van der Waals surface area contributed by atoms with E-state index in [0.717, 1.165) is 57.5 Å². The number of hydrazine groups is 2. The largest absolute Gasteiger partial charge is 0.487 e. The molecule has 0 aliphatic carbocycles. The minimum atomic E-state index is 0. The third kappa shape index (κ3) is 5.26. The van der Waals surface area contributed by atoms with E-state index in [1.54, 1.807) is 0 Å². The molecule has 4 rings (SSSR count). The lowest BCUT2D eigenvalue weighted by atomic mass is 10.1. The van der Waals surface area contributed by atoms with Crippen LogP contribution >= 0.6 is 0 Å². The lowest BCUT2D eigenvalue weighted by Crippen LogP contribution is -2.41. The molecule has 9 heteroatoms. The summed E-state index contributed by atoms with van der Waals surface area (Å²) >= 11 is 0. The van der Waals surface area contributed by atoms with Crippen molar-refractivity contribution < 1.29 is 12.1 Å². The van der Waals surface area contributed by atoms with Gasteiger partial charge in [0.1, 0.15) is 23.9 Å². The standard InChI is InChI=1S/C25H33N7O2.2H2/c1-6-16(2)32-14-21(29-31-32)15-33-22-9-7-8-19(10-22)12-27-23-11-20(13-28-25(23)26-5)24-17(3)30-34-18(24)4;;/h7-11,13-14,16,27,29,31H,6,12,15H2,1-5H3,(H,26,28);2*1H. The van der Waals surface area contributed by atoms with Crippen LogP contribution in [0.4, 0.5) is 11.5 Å². The molecule has 0 spiro atoms. The van der Waals surface area contributed by atoms with Crippen LogP contribution in [0.1, 0.15) is 40.1 Å². The van der Waals surface area contributed by atoms with Crippen molar-refractivity contribution in [1.29, 1.82) is 0 Å². The average Bonchev–Trinajstić information content (AvgIpc) is 3.47. The second-order valence-corrected chi connectivity index (χ2v) is 8.41. The molecular weight excluding hydrogens is 430 g/mol. The summed E-state index contributed by atoms with van der Waals surface area (Å²) < 4.78 is 11.3. The minimum absolute atomic E-state index is 0. The van der Waals surface area contributed by atoms with Crippen LogP contribution in [0, 0.1) is 13.8 Å². The number of rotatable bonds is 10. The molecule has 1 aliphatic rings. The molecule has 0 saturated carbocycles. The Morgan fingerprint density at radius 1 is 1.26 bits per heavy atom. The highest BCUT2D eigenvalue weighted by Crippen LogP contribution is 2.31. The van der Waals surface area contributed by atoms with Gasteiger partial charge in [0, 0.05) is 46.0 Å². The van der Waals surface area contributed by atoms with Gasteiger partial charge < -0.3 is 25.3 Å². The van der Waals surface area contributed by atoms with Gasteiger partial charge in [0.2, 0.25) is 0 Å². The Balaban J connectivity index is 0.00000228. The van der Waals surface area contributed by atoms with Gasteiger partial charge in [-0.25, -0.2) is 4.98 Å². The van der Waals surface area contributed by atoms with E-state index in [0.29, 0.717) is 19.2 Å². The summed E-state index contributed by atoms with van der Waals surface area (Å²) in [6, 6.07) is 10.6. The summed E-state index contributed by atoms with van der Waals surface area (Å²) in [6.45, 7) is 9.27. The van der Waals surface area contributed by atoms with Crippen LogP contribution in [0.15, 0.2) is 52.9 Å². The number of anilines is 2. The molecule has 3 aromatic rings. The number of nitrogens with one attached hydrogen (secondary N) is 4. The second-order valence-electron chi connectivity index (χ2n) is 8.41. The average molecular weight is 468 g/mol. The number of aryl methyl sites for hydroxylation is 2. The van der Waals surface area contributed by atoms with Gasteiger partial charge in [-0.05, 0) is 51.0 Å². The highest BCUT2D eigenvalue weighted by molar-refractivity contribution is 5.75. The van der Waals surface area contributed by atoms with Crippen molar-refractivity contribution in [2.24, 2.45) is 0 Å². The van der Waals surface area contributed by atoms with E-state index in [9.17, 15) is 0 Å². The summed E-state index contributed by atoms with van der Waals surface area (Å²) in [5.41, 5.74) is 12.1. The molecule has 0 saturated heterocycles. The van der Waals surface area contributed by atoms with E-state index < -0.39 is 0 Å². The number of hydrogen-bond donors (Lipinski definition) is 4. The van der Waals surface area contributed by atoms with Crippen molar-refractivity contribution in [3.05, 3.63) is 65.4 Å². The number of aromatic nitrogens is 2. The Morgan fingerprint density at radius 2 is 2.12 bits per heavy atom. The van der Waals surface area contributed by atoms with Crippen LogP contribution in [0.25, 0.3) is 11.1 Å². The fourth-order valence-corrected chi connectivity index (χ4v) is 3.81. The monoisotopic (exact) mass is 467 g/mol. The number of nitrogens with zero attached hydrogens (tertiary/aromatic N) is 3. The van der Waals surface area contributed by atoms with Crippen molar-refractivity contribution in [3.63, 3.8) is 0 Å². The highest BCUT2D eigenvalue weighted by atomic mass is 16.5. The molecule has 1 aromatic carbocycles. The maximum absolute atomic E-state index is 6.02. The minimum Gasteiger partial charge on any atom is -0.487 e. The fraction of sp³-hybridized carbons (Fsp3) is 0.360. The van der Waals surface area contributed by atoms with Crippen molar-refractivity contribution in [1.82, 2.24) is 26.1 Å². The molecular formula is C25H37N7O2. The number of hydrogen-bond acceptors (Lipinski definition) is 9. The first kappa shape index (κ1) is 23.4. The van der Waals surface area contributed by atoms with Crippen LogP contribution in [0.3, 0.4) is 0 Å². The molecule has 3 heterocycles. The summed E-state index contributed by atoms with van der Waals surface area (Å²) in [4.78, 5) is 4.57. The summed E-state index contributed by atoms with van der Waals surface area (Å²) in [5, 5.41) is 12.8. The lowest BCUT2D eigenvalue weighted by Gasteiger charge is -2.21. The SMILES string of the molecule is CCC(C)N1C=C(COc2cccc(CNc3cc(-c4c(C)noc4C)cnc3NC)c2)NN1.[HH].[HH]. The van der Waals surface area contributed by atoms with Crippen LogP contribution in [0.5, 0.6) is 5.75 Å². The maximum Gasteiger partial charge on any atom is 0.149 e. The zero-order valence-electron chi connectivity index (χ0n) is 20.4. The van der Waals surface area contributed by atoms with E-state index >= 15 is 0 Å². The first-order valence-corrected chi connectivity index (χ1v) is 11.6. The molecule has 34 heavy (non-hydrogen) atoms. The summed E-state index contributed by atoms with van der Waals surface area (Å²) in [7, 11) is 1.86. The van der Waals surface area contributed by atoms with Gasteiger partial charge in [-0.3, -0.25) is 5.01 Å². The highest BCUT2D eigenvalue weighted by Gasteiger charge is 2.16. The van der Waals surface area contributed by atoms with Crippen LogP contribution in [-0.4, -0.2) is 34.8 Å². The Kier molecular flexibility index (Phi) is 7.22. The molecule has 1 unspecified atom stereocenters. The van der Waals surface area contributed by atoms with Gasteiger partial charge in [-0.15, -0.1) is 5.53 Å². The predicted octanol–water partition coefficient (Wildman–Crippen LogP) is 4.84. The molecule has 4 N–H and O–H groups in total. The topological polar surface area (TPSA) is 99.5 Å². The molecule has 184 valence electrons. The van der Waals surface area contributed by atoms with Gasteiger partial charge >= 0.3 is 0 Å². The van der Waals surface area contributed by atoms with Gasteiger partial charge in [-0.1, -0.05) is 24.2 Å². The van der Waals surface area contributed by atoms with Crippen molar-refractivity contribution in [2.45, 2.75) is 46.7 Å². The van der Waals surface area contributed by atoms with E-state index in [2.05, 4.69) is 68.9 Å². The summed E-state index contributed by atoms with van der Waals surface area (Å²) in [5.74, 6) is 2.38. The van der Waals surface area contributed by atoms with Crippen molar-refractivity contribution in [2.75, 3.05) is 24.3 Å². The number of pyridine rings is 1. The van der Waals surface area contributed by atoms with Gasteiger partial charge in [0.25, 0.3) is 0 Å².